The van der Waals surface area contributed by atoms with Crippen LogP contribution in [0.1, 0.15) is 15.9 Å². The van der Waals surface area contributed by atoms with Gasteiger partial charge in [-0.3, -0.25) is 9.20 Å². The number of rotatable bonds is 5. The summed E-state index contributed by atoms with van der Waals surface area (Å²) in [5, 5.41) is 2.72. The van der Waals surface area contributed by atoms with Crippen molar-refractivity contribution in [2.24, 2.45) is 0 Å². The first kappa shape index (κ1) is 21.2. The van der Waals surface area contributed by atoms with Gasteiger partial charge in [-0.1, -0.05) is 12.1 Å². The molecule has 0 radical (unpaired) electrons. The molecule has 2 aromatic heterocycles. The zero-order valence-electron chi connectivity index (χ0n) is 17.1. The number of aromatic nitrogens is 2. The molecule has 4 aromatic rings. The van der Waals surface area contributed by atoms with Gasteiger partial charge in [-0.15, -0.1) is 0 Å². The monoisotopic (exact) mass is 441 g/mol. The second-order valence-corrected chi connectivity index (χ2v) is 6.84. The van der Waals surface area contributed by atoms with Gasteiger partial charge in [0.1, 0.15) is 17.2 Å². The summed E-state index contributed by atoms with van der Waals surface area (Å²) in [6.45, 7) is 0. The third-order valence-electron chi connectivity index (χ3n) is 4.87. The van der Waals surface area contributed by atoms with Gasteiger partial charge in [0.05, 0.1) is 19.8 Å². The normalized spacial score (nSPS) is 11.4. The Morgan fingerprint density at radius 2 is 1.75 bits per heavy atom. The molecule has 0 atom stereocenters. The highest BCUT2D eigenvalue weighted by atomic mass is 19.4. The van der Waals surface area contributed by atoms with Crippen molar-refractivity contribution in [3.63, 3.8) is 0 Å². The quantitative estimate of drug-likeness (QED) is 0.457. The molecule has 32 heavy (non-hydrogen) atoms. The number of nitrogens with one attached hydrogen (secondary N) is 1. The van der Waals surface area contributed by atoms with E-state index in [1.807, 2.05) is 0 Å². The Hall–Kier alpha value is -4.01. The molecule has 4 rings (SSSR count). The highest BCUT2D eigenvalue weighted by molar-refractivity contribution is 6.06. The van der Waals surface area contributed by atoms with Crippen LogP contribution in [-0.4, -0.2) is 29.5 Å². The number of amides is 1. The molecule has 0 spiro atoms. The van der Waals surface area contributed by atoms with Crippen molar-refractivity contribution in [2.45, 2.75) is 6.18 Å². The van der Waals surface area contributed by atoms with Crippen LogP contribution >= 0.6 is 0 Å². The molecule has 0 aliphatic carbocycles. The lowest BCUT2D eigenvalue weighted by molar-refractivity contribution is -0.137. The summed E-state index contributed by atoms with van der Waals surface area (Å²) in [5.74, 6) is 0.616. The maximum Gasteiger partial charge on any atom is 0.416 e. The fraction of sp³-hybridized carbons (Fsp3) is 0.130. The van der Waals surface area contributed by atoms with Gasteiger partial charge in [0, 0.05) is 17.3 Å². The van der Waals surface area contributed by atoms with Crippen molar-refractivity contribution in [1.29, 1.82) is 0 Å². The Morgan fingerprint density at radius 1 is 0.969 bits per heavy atom. The zero-order chi connectivity index (χ0) is 22.9. The number of nitrogens with zero attached hydrogens (tertiary/aromatic N) is 2. The topological polar surface area (TPSA) is 64.9 Å². The number of pyridine rings is 1. The summed E-state index contributed by atoms with van der Waals surface area (Å²) in [4.78, 5) is 17.5. The lowest BCUT2D eigenvalue weighted by Gasteiger charge is -2.12. The largest absolute Gasteiger partial charge is 0.493 e. The molecule has 0 aliphatic heterocycles. The van der Waals surface area contributed by atoms with E-state index >= 15 is 0 Å². The summed E-state index contributed by atoms with van der Waals surface area (Å²) in [6, 6.07) is 14.7. The number of imidazole rings is 1. The fourth-order valence-corrected chi connectivity index (χ4v) is 3.32. The van der Waals surface area contributed by atoms with Crippen LogP contribution in [0.15, 0.2) is 66.9 Å². The second-order valence-electron chi connectivity index (χ2n) is 6.84. The lowest BCUT2D eigenvalue weighted by Crippen LogP contribution is -2.15. The van der Waals surface area contributed by atoms with Crippen LogP contribution in [0.25, 0.3) is 16.9 Å². The number of hydrogen-bond acceptors (Lipinski definition) is 4. The standard InChI is InChI=1S/C23H18F3N3O3/c1-31-17-10-9-14(13-18(17)32-2)20-21(29-11-4-3-8-19(29)27-20)28-22(30)15-6-5-7-16(12-15)23(24,25)26/h3-13H,1-2H3,(H,28,30). The number of anilines is 1. The maximum absolute atomic E-state index is 13.1. The van der Waals surface area contributed by atoms with Crippen LogP contribution in [-0.2, 0) is 6.18 Å². The number of carbonyl (C=O) groups excluding carboxylic acids is 1. The van der Waals surface area contributed by atoms with Gasteiger partial charge in [0.15, 0.2) is 11.5 Å². The predicted octanol–water partition coefficient (Wildman–Crippen LogP) is 5.29. The minimum atomic E-state index is -4.55. The van der Waals surface area contributed by atoms with Gasteiger partial charge in [0.2, 0.25) is 0 Å². The van der Waals surface area contributed by atoms with Crippen LogP contribution in [0.2, 0.25) is 0 Å². The van der Waals surface area contributed by atoms with E-state index in [0.29, 0.717) is 34.2 Å². The number of fused-ring (bicyclic) bond motifs is 1. The smallest absolute Gasteiger partial charge is 0.416 e. The van der Waals surface area contributed by atoms with Crippen molar-refractivity contribution >= 4 is 17.4 Å². The molecule has 2 heterocycles. The van der Waals surface area contributed by atoms with Crippen molar-refractivity contribution in [3.05, 3.63) is 78.0 Å². The summed E-state index contributed by atoms with van der Waals surface area (Å²) in [6.07, 6.45) is -2.85. The number of carbonyl (C=O) groups is 1. The highest BCUT2D eigenvalue weighted by Gasteiger charge is 2.31. The number of ether oxygens (including phenoxy) is 2. The Kier molecular flexibility index (Phi) is 5.48. The summed E-state index contributed by atoms with van der Waals surface area (Å²) in [7, 11) is 3.02. The molecule has 9 heteroatoms. The SMILES string of the molecule is COc1ccc(-c2nc3ccccn3c2NC(=O)c2cccc(C(F)(F)F)c2)cc1OC. The third kappa shape index (κ3) is 3.96. The molecular weight excluding hydrogens is 423 g/mol. The number of alkyl halides is 3. The Labute approximate surface area is 181 Å². The molecule has 0 fully saturated rings. The van der Waals surface area contributed by atoms with Crippen molar-refractivity contribution in [2.75, 3.05) is 19.5 Å². The van der Waals surface area contributed by atoms with E-state index in [9.17, 15) is 18.0 Å². The van der Waals surface area contributed by atoms with E-state index in [-0.39, 0.29) is 5.56 Å². The van der Waals surface area contributed by atoms with Crippen LogP contribution < -0.4 is 14.8 Å². The second kappa shape index (κ2) is 8.26. The van der Waals surface area contributed by atoms with Gasteiger partial charge in [-0.25, -0.2) is 4.98 Å². The number of methoxy groups -OCH3 is 2. The van der Waals surface area contributed by atoms with E-state index in [0.717, 1.165) is 12.1 Å². The van der Waals surface area contributed by atoms with Gasteiger partial charge >= 0.3 is 6.18 Å². The van der Waals surface area contributed by atoms with E-state index in [4.69, 9.17) is 9.47 Å². The van der Waals surface area contributed by atoms with Gasteiger partial charge in [-0.05, 0) is 48.5 Å². The maximum atomic E-state index is 13.1. The zero-order valence-corrected chi connectivity index (χ0v) is 17.1. The minimum Gasteiger partial charge on any atom is -0.493 e. The summed E-state index contributed by atoms with van der Waals surface area (Å²) in [5.41, 5.74) is 0.590. The van der Waals surface area contributed by atoms with Crippen molar-refractivity contribution < 1.29 is 27.4 Å². The van der Waals surface area contributed by atoms with E-state index in [2.05, 4.69) is 10.3 Å². The summed E-state index contributed by atoms with van der Waals surface area (Å²) >= 11 is 0. The third-order valence-corrected chi connectivity index (χ3v) is 4.87. The number of hydrogen-bond donors (Lipinski definition) is 1. The first-order valence-electron chi connectivity index (χ1n) is 9.50. The minimum absolute atomic E-state index is 0.121. The first-order valence-corrected chi connectivity index (χ1v) is 9.50. The number of halogens is 3. The molecule has 164 valence electrons. The van der Waals surface area contributed by atoms with Crippen LogP contribution in [0.5, 0.6) is 11.5 Å². The average Bonchev–Trinajstić information content (AvgIpc) is 3.16. The van der Waals surface area contributed by atoms with Gasteiger partial charge in [-0.2, -0.15) is 13.2 Å². The lowest BCUT2D eigenvalue weighted by atomic mass is 10.1. The van der Waals surface area contributed by atoms with Crippen LogP contribution in [0.4, 0.5) is 19.0 Å². The molecular formula is C23H18F3N3O3. The average molecular weight is 441 g/mol. The Bertz CT molecular complexity index is 1300. The molecule has 1 N–H and O–H groups in total. The molecule has 0 aliphatic rings. The van der Waals surface area contributed by atoms with Gasteiger partial charge < -0.3 is 14.8 Å². The molecule has 0 unspecified atom stereocenters. The van der Waals surface area contributed by atoms with Gasteiger partial charge in [0.25, 0.3) is 5.91 Å². The molecule has 2 aromatic carbocycles. The summed E-state index contributed by atoms with van der Waals surface area (Å²) < 4.78 is 51.5. The van der Waals surface area contributed by atoms with Crippen LogP contribution in [0, 0.1) is 0 Å². The highest BCUT2D eigenvalue weighted by Crippen LogP contribution is 2.36. The van der Waals surface area contributed by atoms with E-state index < -0.39 is 17.6 Å². The number of benzene rings is 2. The van der Waals surface area contributed by atoms with Crippen molar-refractivity contribution in [1.82, 2.24) is 9.38 Å². The molecule has 0 saturated carbocycles. The van der Waals surface area contributed by atoms with E-state index in [1.165, 1.54) is 26.4 Å². The Morgan fingerprint density at radius 3 is 2.47 bits per heavy atom. The first-order chi connectivity index (χ1) is 15.3. The van der Waals surface area contributed by atoms with Crippen molar-refractivity contribution in [3.8, 4) is 22.8 Å². The molecule has 0 saturated heterocycles. The molecule has 6 nitrogen and oxygen atoms in total. The fourth-order valence-electron chi connectivity index (χ4n) is 3.32. The Balaban J connectivity index is 1.79. The van der Waals surface area contributed by atoms with Crippen LogP contribution in [0.3, 0.4) is 0 Å². The van der Waals surface area contributed by atoms with E-state index in [1.54, 1.807) is 47.0 Å². The molecule has 1 amide bonds. The molecule has 0 bridgehead atoms. The predicted molar refractivity (Wildman–Crippen MR) is 113 cm³/mol.